The number of methoxy groups -OCH3 is 2. The van der Waals surface area contributed by atoms with E-state index in [1.807, 2.05) is 27.0 Å². The maximum absolute atomic E-state index is 14.7. The lowest BCUT2D eigenvalue weighted by Gasteiger charge is -2.33. The Morgan fingerprint density at radius 1 is 1.00 bits per heavy atom. The summed E-state index contributed by atoms with van der Waals surface area (Å²) in [5.74, 6) is 1.79. The highest BCUT2D eigenvalue weighted by Gasteiger charge is 2.34. The summed E-state index contributed by atoms with van der Waals surface area (Å²) in [5, 5.41) is 4.15. The predicted octanol–water partition coefficient (Wildman–Crippen LogP) is 6.93. The Morgan fingerprint density at radius 2 is 1.82 bits per heavy atom. The van der Waals surface area contributed by atoms with E-state index in [0.29, 0.717) is 12.1 Å². The highest BCUT2D eigenvalue weighted by Crippen LogP contribution is 2.42. The van der Waals surface area contributed by atoms with Crippen LogP contribution in [0.5, 0.6) is 5.75 Å². The number of nitrogens with zero attached hydrogens (tertiary/aromatic N) is 4. The van der Waals surface area contributed by atoms with Crippen molar-refractivity contribution in [1.82, 2.24) is 14.7 Å². The summed E-state index contributed by atoms with van der Waals surface area (Å²) in [4.78, 5) is 7.59. The molecule has 0 N–H and O–H groups in total. The number of fused-ring (bicyclic) bond motifs is 1. The lowest BCUT2D eigenvalue weighted by atomic mass is 9.92. The average molecular weight is 519 g/mol. The van der Waals surface area contributed by atoms with E-state index < -0.39 is 0 Å². The molecule has 0 unspecified atom stereocenters. The Labute approximate surface area is 222 Å². The molecule has 0 amide bonds. The van der Waals surface area contributed by atoms with Gasteiger partial charge in [-0.1, -0.05) is 11.2 Å². The third kappa shape index (κ3) is 4.25. The number of hydrogen-bond donors (Lipinski definition) is 0. The SMILES string of the molecule is COc1ccc(N2CCC[C@H]2c2nc3cc(-c4c(C)noc4C)ccc3n2[C@H]2CC[C@H](OC)CC2)cc1F. The highest BCUT2D eigenvalue weighted by molar-refractivity contribution is 5.84. The van der Waals surface area contributed by atoms with Crippen molar-refractivity contribution in [3.63, 3.8) is 0 Å². The second-order valence-corrected chi connectivity index (χ2v) is 10.6. The van der Waals surface area contributed by atoms with E-state index >= 15 is 0 Å². The van der Waals surface area contributed by atoms with Crippen LogP contribution in [0.4, 0.5) is 10.1 Å². The topological polar surface area (TPSA) is 65.5 Å². The molecule has 4 aromatic rings. The van der Waals surface area contributed by atoms with Crippen LogP contribution >= 0.6 is 0 Å². The van der Waals surface area contributed by atoms with E-state index in [0.717, 1.165) is 90.2 Å². The number of benzene rings is 2. The maximum atomic E-state index is 14.7. The number of imidazole rings is 1. The van der Waals surface area contributed by atoms with Gasteiger partial charge in [0.15, 0.2) is 11.6 Å². The van der Waals surface area contributed by atoms with E-state index in [1.165, 1.54) is 7.11 Å². The first-order valence-electron chi connectivity index (χ1n) is 13.6. The van der Waals surface area contributed by atoms with Crippen LogP contribution in [-0.4, -0.2) is 41.6 Å². The van der Waals surface area contributed by atoms with Gasteiger partial charge in [-0.05, 0) is 82.2 Å². The molecule has 2 aliphatic rings. The van der Waals surface area contributed by atoms with E-state index in [-0.39, 0.29) is 17.6 Å². The van der Waals surface area contributed by atoms with Crippen LogP contribution in [0.25, 0.3) is 22.2 Å². The molecule has 7 nitrogen and oxygen atoms in total. The Morgan fingerprint density at radius 3 is 2.50 bits per heavy atom. The largest absolute Gasteiger partial charge is 0.494 e. The molecule has 3 heterocycles. The second kappa shape index (κ2) is 10.1. The first-order valence-corrected chi connectivity index (χ1v) is 13.6. The van der Waals surface area contributed by atoms with E-state index in [4.69, 9.17) is 19.0 Å². The van der Waals surface area contributed by atoms with Gasteiger partial charge in [-0.15, -0.1) is 0 Å². The van der Waals surface area contributed by atoms with Gasteiger partial charge >= 0.3 is 0 Å². The fraction of sp³-hybridized carbons (Fsp3) is 0.467. The summed E-state index contributed by atoms with van der Waals surface area (Å²) >= 11 is 0. The zero-order chi connectivity index (χ0) is 26.4. The normalized spacial score (nSPS) is 21.9. The summed E-state index contributed by atoms with van der Waals surface area (Å²) in [5.41, 5.74) is 5.95. The number of anilines is 1. The number of rotatable bonds is 6. The van der Waals surface area contributed by atoms with E-state index in [1.54, 1.807) is 12.1 Å². The summed E-state index contributed by atoms with van der Waals surface area (Å²) < 4.78 is 33.4. The minimum atomic E-state index is -0.342. The average Bonchev–Trinajstić information content (AvgIpc) is 3.65. The molecule has 2 aromatic heterocycles. The number of hydrogen-bond acceptors (Lipinski definition) is 6. The molecule has 6 rings (SSSR count). The van der Waals surface area contributed by atoms with Gasteiger partial charge in [0.2, 0.25) is 0 Å². The first kappa shape index (κ1) is 24.9. The maximum Gasteiger partial charge on any atom is 0.167 e. The quantitative estimate of drug-likeness (QED) is 0.276. The summed E-state index contributed by atoms with van der Waals surface area (Å²) in [6.45, 7) is 4.78. The van der Waals surface area contributed by atoms with Gasteiger partial charge in [-0.2, -0.15) is 0 Å². The number of aryl methyl sites for hydroxylation is 2. The number of halogens is 1. The molecule has 2 fully saturated rings. The lowest BCUT2D eigenvalue weighted by molar-refractivity contribution is 0.0584. The Hall–Kier alpha value is -3.39. The van der Waals surface area contributed by atoms with Crippen molar-refractivity contribution in [2.24, 2.45) is 0 Å². The molecular formula is C30H35FN4O3. The molecule has 38 heavy (non-hydrogen) atoms. The van der Waals surface area contributed by atoms with Crippen LogP contribution in [0.1, 0.15) is 67.9 Å². The monoisotopic (exact) mass is 518 g/mol. The van der Waals surface area contributed by atoms with Gasteiger partial charge in [0.25, 0.3) is 0 Å². The van der Waals surface area contributed by atoms with Gasteiger partial charge in [0, 0.05) is 37.0 Å². The fourth-order valence-corrected chi connectivity index (χ4v) is 6.50. The lowest BCUT2D eigenvalue weighted by Crippen LogP contribution is -2.28. The third-order valence-electron chi connectivity index (χ3n) is 8.40. The van der Waals surface area contributed by atoms with Crippen LogP contribution in [0.15, 0.2) is 40.9 Å². The molecule has 1 saturated carbocycles. The van der Waals surface area contributed by atoms with Gasteiger partial charge in [-0.25, -0.2) is 9.37 Å². The Bertz CT molecular complexity index is 1430. The van der Waals surface area contributed by atoms with E-state index in [2.05, 4.69) is 32.8 Å². The highest BCUT2D eigenvalue weighted by atomic mass is 19.1. The standard InChI is InChI=1S/C30H35FN4O3/c1-18-29(19(2)38-33-18)20-7-13-26-25(16-20)32-30(35(26)21-8-11-23(36-3)12-9-21)27-6-5-15-34(27)22-10-14-28(37-4)24(31)17-22/h7,10,13-14,16-17,21,23,27H,5-6,8-9,11-12,15H2,1-4H3/t21-,23-,27-/m0/s1. The minimum absolute atomic E-state index is 0.0675. The molecule has 2 aromatic carbocycles. The van der Waals surface area contributed by atoms with Crippen molar-refractivity contribution in [3.8, 4) is 16.9 Å². The van der Waals surface area contributed by atoms with Gasteiger partial charge in [0.1, 0.15) is 11.6 Å². The van der Waals surface area contributed by atoms with Gasteiger partial charge in [-0.3, -0.25) is 0 Å². The summed E-state index contributed by atoms with van der Waals surface area (Å²) in [6, 6.07) is 12.2. The van der Waals surface area contributed by atoms with Crippen LogP contribution in [0.3, 0.4) is 0 Å². The zero-order valence-corrected chi connectivity index (χ0v) is 22.5. The zero-order valence-electron chi connectivity index (χ0n) is 22.5. The predicted molar refractivity (Wildman–Crippen MR) is 145 cm³/mol. The molecule has 0 spiro atoms. The molecule has 0 radical (unpaired) electrons. The van der Waals surface area contributed by atoms with Crippen LogP contribution in [0, 0.1) is 19.7 Å². The van der Waals surface area contributed by atoms with E-state index in [9.17, 15) is 4.39 Å². The van der Waals surface area contributed by atoms with Crippen molar-refractivity contribution >= 4 is 16.7 Å². The van der Waals surface area contributed by atoms with Crippen molar-refractivity contribution in [1.29, 1.82) is 0 Å². The summed E-state index contributed by atoms with van der Waals surface area (Å²) in [6.07, 6.45) is 6.49. The van der Waals surface area contributed by atoms with Crippen molar-refractivity contribution in [3.05, 3.63) is 59.5 Å². The van der Waals surface area contributed by atoms with Crippen molar-refractivity contribution in [2.75, 3.05) is 25.7 Å². The Balaban J connectivity index is 1.45. The van der Waals surface area contributed by atoms with Gasteiger partial charge < -0.3 is 23.5 Å². The number of ether oxygens (including phenoxy) is 2. The smallest absolute Gasteiger partial charge is 0.167 e. The first-order chi connectivity index (χ1) is 18.5. The molecule has 8 heteroatoms. The molecular weight excluding hydrogens is 483 g/mol. The van der Waals surface area contributed by atoms with Crippen molar-refractivity contribution < 1.29 is 18.4 Å². The molecule has 1 atom stereocenters. The van der Waals surface area contributed by atoms with Crippen LogP contribution < -0.4 is 9.64 Å². The molecule has 0 bridgehead atoms. The Kier molecular flexibility index (Phi) is 6.60. The van der Waals surface area contributed by atoms with Crippen LogP contribution in [-0.2, 0) is 4.74 Å². The number of aromatic nitrogens is 3. The van der Waals surface area contributed by atoms with Crippen molar-refractivity contribution in [2.45, 2.75) is 70.6 Å². The third-order valence-corrected chi connectivity index (χ3v) is 8.40. The summed E-state index contributed by atoms with van der Waals surface area (Å²) in [7, 11) is 3.30. The fourth-order valence-electron chi connectivity index (χ4n) is 6.50. The molecule has 200 valence electrons. The molecule has 1 aliphatic carbocycles. The molecule has 1 saturated heterocycles. The second-order valence-electron chi connectivity index (χ2n) is 10.6. The minimum Gasteiger partial charge on any atom is -0.494 e. The van der Waals surface area contributed by atoms with Crippen LogP contribution in [0.2, 0.25) is 0 Å². The molecule has 1 aliphatic heterocycles. The van der Waals surface area contributed by atoms with Gasteiger partial charge in [0.05, 0.1) is 36.0 Å².